The Bertz CT molecular complexity index is 682. The molecular formula is C15H11IO4. The molecule has 102 valence electrons. The molecule has 0 saturated heterocycles. The third-order valence-corrected chi connectivity index (χ3v) is 4.41. The molecule has 0 spiro atoms. The van der Waals surface area contributed by atoms with E-state index in [9.17, 15) is 4.79 Å². The van der Waals surface area contributed by atoms with E-state index in [1.54, 1.807) is 12.1 Å². The van der Waals surface area contributed by atoms with Crippen molar-refractivity contribution >= 4 is 28.6 Å². The molecule has 0 radical (unpaired) electrons. The van der Waals surface area contributed by atoms with Gasteiger partial charge in [0.25, 0.3) is 0 Å². The zero-order valence-electron chi connectivity index (χ0n) is 10.4. The molecule has 5 heteroatoms. The van der Waals surface area contributed by atoms with Crippen LogP contribution in [0.25, 0.3) is 0 Å². The van der Waals surface area contributed by atoms with Gasteiger partial charge in [-0.25, -0.2) is 4.79 Å². The maximum atomic E-state index is 11.1. The van der Waals surface area contributed by atoms with Gasteiger partial charge in [0, 0.05) is 3.57 Å². The number of rotatable bonds is 3. The molecule has 0 aliphatic carbocycles. The van der Waals surface area contributed by atoms with Gasteiger partial charge in [-0.15, -0.1) is 0 Å². The summed E-state index contributed by atoms with van der Waals surface area (Å²) in [4.78, 5) is 11.1. The lowest BCUT2D eigenvalue weighted by molar-refractivity contribution is 0.0695. The van der Waals surface area contributed by atoms with Gasteiger partial charge in [-0.05, 0) is 58.3 Å². The van der Waals surface area contributed by atoms with Gasteiger partial charge in [-0.1, -0.05) is 18.2 Å². The second kappa shape index (κ2) is 5.32. The molecule has 1 heterocycles. The average molecular weight is 382 g/mol. The van der Waals surface area contributed by atoms with Crippen LogP contribution < -0.4 is 9.47 Å². The summed E-state index contributed by atoms with van der Waals surface area (Å²) in [6.07, 6.45) is 0.663. The molecule has 0 saturated carbocycles. The van der Waals surface area contributed by atoms with Gasteiger partial charge in [-0.2, -0.15) is 0 Å². The first-order valence-electron chi connectivity index (χ1n) is 6.04. The molecular weight excluding hydrogens is 371 g/mol. The first-order chi connectivity index (χ1) is 9.65. The van der Waals surface area contributed by atoms with Crippen molar-refractivity contribution in [1.29, 1.82) is 0 Å². The number of carboxylic acids is 1. The van der Waals surface area contributed by atoms with Crippen LogP contribution in [0.1, 0.15) is 21.5 Å². The minimum Gasteiger partial charge on any atom is -0.478 e. The van der Waals surface area contributed by atoms with Crippen molar-refractivity contribution in [3.63, 3.8) is 0 Å². The highest BCUT2D eigenvalue weighted by Crippen LogP contribution is 2.33. The van der Waals surface area contributed by atoms with Gasteiger partial charge in [0.05, 0.1) is 5.56 Å². The van der Waals surface area contributed by atoms with Crippen LogP contribution >= 0.6 is 22.6 Å². The second-order valence-electron chi connectivity index (χ2n) is 4.45. The van der Waals surface area contributed by atoms with Crippen molar-refractivity contribution in [2.45, 2.75) is 6.42 Å². The fraction of sp³-hybridized carbons (Fsp3) is 0.133. The number of halogens is 1. The molecule has 0 amide bonds. The van der Waals surface area contributed by atoms with E-state index in [4.69, 9.17) is 14.6 Å². The lowest BCUT2D eigenvalue weighted by Crippen LogP contribution is -2.03. The highest BCUT2D eigenvalue weighted by Gasteiger charge is 2.15. The van der Waals surface area contributed by atoms with Crippen LogP contribution in [0, 0.1) is 3.57 Å². The number of carbonyl (C=O) groups is 1. The molecule has 0 atom stereocenters. The van der Waals surface area contributed by atoms with Crippen LogP contribution in [0.4, 0.5) is 0 Å². The summed E-state index contributed by atoms with van der Waals surface area (Å²) in [5.74, 6) is 0.594. The average Bonchev–Trinajstić information content (AvgIpc) is 2.88. The summed E-state index contributed by atoms with van der Waals surface area (Å²) in [5.41, 5.74) is 2.39. The first kappa shape index (κ1) is 13.2. The highest BCUT2D eigenvalue weighted by atomic mass is 127. The number of hydrogen-bond donors (Lipinski definition) is 1. The van der Waals surface area contributed by atoms with Crippen LogP contribution in [0.2, 0.25) is 0 Å². The van der Waals surface area contributed by atoms with Gasteiger partial charge in [0.2, 0.25) is 6.79 Å². The smallest absolute Gasteiger partial charge is 0.336 e. The van der Waals surface area contributed by atoms with Crippen molar-refractivity contribution in [1.82, 2.24) is 0 Å². The maximum absolute atomic E-state index is 11.1. The standard InChI is InChI=1S/C15H11IO4/c16-14-10(2-1-3-11(14)15(17)18)6-9-4-5-12-13(7-9)20-8-19-12/h1-5,7H,6,8H2,(H,17,18). The lowest BCUT2D eigenvalue weighted by atomic mass is 10.0. The molecule has 0 fully saturated rings. The summed E-state index contributed by atoms with van der Waals surface area (Å²) < 4.78 is 11.4. The zero-order valence-corrected chi connectivity index (χ0v) is 12.6. The number of fused-ring (bicyclic) bond motifs is 1. The van der Waals surface area contributed by atoms with Crippen molar-refractivity contribution < 1.29 is 19.4 Å². The normalized spacial score (nSPS) is 12.4. The summed E-state index contributed by atoms with van der Waals surface area (Å²) in [6, 6.07) is 11.1. The third kappa shape index (κ3) is 2.45. The number of carboxylic acid groups (broad SMARTS) is 1. The third-order valence-electron chi connectivity index (χ3n) is 3.14. The minimum atomic E-state index is -0.901. The lowest BCUT2D eigenvalue weighted by Gasteiger charge is -2.08. The predicted octanol–water partition coefficient (Wildman–Crippen LogP) is 3.31. The highest BCUT2D eigenvalue weighted by molar-refractivity contribution is 14.1. The van der Waals surface area contributed by atoms with Crippen LogP contribution in [-0.4, -0.2) is 17.9 Å². The Kier molecular flexibility index (Phi) is 3.52. The molecule has 4 nitrogen and oxygen atoms in total. The van der Waals surface area contributed by atoms with Crippen LogP contribution in [0.5, 0.6) is 11.5 Å². The Morgan fingerprint density at radius 1 is 1.20 bits per heavy atom. The molecule has 0 bridgehead atoms. The Hall–Kier alpha value is -1.76. The molecule has 3 rings (SSSR count). The Labute approximate surface area is 129 Å². The quantitative estimate of drug-likeness (QED) is 0.828. The number of ether oxygens (including phenoxy) is 2. The van der Waals surface area contributed by atoms with Crippen molar-refractivity contribution in [2.24, 2.45) is 0 Å². The molecule has 2 aromatic carbocycles. The monoisotopic (exact) mass is 382 g/mol. The van der Waals surface area contributed by atoms with E-state index in [2.05, 4.69) is 22.6 Å². The molecule has 2 aromatic rings. The van der Waals surface area contributed by atoms with Gasteiger partial charge in [0.15, 0.2) is 11.5 Å². The first-order valence-corrected chi connectivity index (χ1v) is 7.12. The van der Waals surface area contributed by atoms with E-state index in [0.29, 0.717) is 12.0 Å². The molecule has 0 unspecified atom stereocenters. The van der Waals surface area contributed by atoms with E-state index >= 15 is 0 Å². The van der Waals surface area contributed by atoms with E-state index in [0.717, 1.165) is 26.2 Å². The maximum Gasteiger partial charge on any atom is 0.336 e. The van der Waals surface area contributed by atoms with E-state index in [-0.39, 0.29) is 6.79 Å². The fourth-order valence-corrected chi connectivity index (χ4v) is 2.93. The molecule has 1 aliphatic heterocycles. The molecule has 1 aliphatic rings. The number of hydrogen-bond acceptors (Lipinski definition) is 3. The Balaban J connectivity index is 1.92. The number of benzene rings is 2. The largest absolute Gasteiger partial charge is 0.478 e. The Morgan fingerprint density at radius 3 is 2.80 bits per heavy atom. The Morgan fingerprint density at radius 2 is 2.00 bits per heavy atom. The van der Waals surface area contributed by atoms with Gasteiger partial charge in [0.1, 0.15) is 0 Å². The summed E-state index contributed by atoms with van der Waals surface area (Å²) in [5, 5.41) is 9.14. The van der Waals surface area contributed by atoms with Crippen molar-refractivity contribution in [2.75, 3.05) is 6.79 Å². The van der Waals surface area contributed by atoms with Crippen molar-refractivity contribution in [3.05, 3.63) is 56.7 Å². The minimum absolute atomic E-state index is 0.255. The summed E-state index contributed by atoms with van der Waals surface area (Å²) in [7, 11) is 0. The topological polar surface area (TPSA) is 55.8 Å². The summed E-state index contributed by atoms with van der Waals surface area (Å²) in [6.45, 7) is 0.255. The zero-order chi connectivity index (χ0) is 14.1. The van der Waals surface area contributed by atoms with Crippen LogP contribution in [0.15, 0.2) is 36.4 Å². The number of aromatic carboxylic acids is 1. The van der Waals surface area contributed by atoms with Crippen LogP contribution in [0.3, 0.4) is 0 Å². The molecule has 20 heavy (non-hydrogen) atoms. The SMILES string of the molecule is O=C(O)c1cccc(Cc2ccc3c(c2)OCO3)c1I. The van der Waals surface area contributed by atoms with E-state index in [1.165, 1.54) is 0 Å². The fourth-order valence-electron chi connectivity index (χ4n) is 2.15. The molecule has 1 N–H and O–H groups in total. The van der Waals surface area contributed by atoms with E-state index in [1.807, 2.05) is 24.3 Å². The predicted molar refractivity (Wildman–Crippen MR) is 81.5 cm³/mol. The van der Waals surface area contributed by atoms with Gasteiger partial charge in [-0.3, -0.25) is 0 Å². The van der Waals surface area contributed by atoms with Gasteiger partial charge >= 0.3 is 5.97 Å². The van der Waals surface area contributed by atoms with Gasteiger partial charge < -0.3 is 14.6 Å². The summed E-state index contributed by atoms with van der Waals surface area (Å²) >= 11 is 2.08. The van der Waals surface area contributed by atoms with E-state index < -0.39 is 5.97 Å². The van der Waals surface area contributed by atoms with Crippen molar-refractivity contribution in [3.8, 4) is 11.5 Å². The van der Waals surface area contributed by atoms with Crippen LogP contribution in [-0.2, 0) is 6.42 Å². The second-order valence-corrected chi connectivity index (χ2v) is 5.53. The molecule has 0 aromatic heterocycles.